The van der Waals surface area contributed by atoms with Gasteiger partial charge >= 0.3 is 0 Å². The molecule has 0 saturated carbocycles. The van der Waals surface area contributed by atoms with Crippen molar-refractivity contribution in [3.63, 3.8) is 0 Å². The normalized spacial score (nSPS) is 18.1. The van der Waals surface area contributed by atoms with E-state index in [-0.39, 0.29) is 11.6 Å². The second kappa shape index (κ2) is 6.22. The summed E-state index contributed by atoms with van der Waals surface area (Å²) in [5.41, 5.74) is 6.33. The highest BCUT2D eigenvalue weighted by Crippen LogP contribution is 2.17. The molecule has 1 unspecified atom stereocenters. The Balaban J connectivity index is 2.01. The SMILES string of the molecule is CCC(C)N1CCN(C(=O)c2ccc(F)cc2N)CC1. The molecule has 2 N–H and O–H groups in total. The van der Waals surface area contributed by atoms with E-state index in [1.54, 1.807) is 4.90 Å². The number of amides is 1. The molecule has 0 aromatic heterocycles. The number of carbonyl (C=O) groups is 1. The third-order valence-electron chi connectivity index (χ3n) is 4.06. The van der Waals surface area contributed by atoms with Gasteiger partial charge in [-0.25, -0.2) is 4.39 Å². The third-order valence-corrected chi connectivity index (χ3v) is 4.06. The van der Waals surface area contributed by atoms with Gasteiger partial charge in [-0.15, -0.1) is 0 Å². The number of benzene rings is 1. The molecule has 20 heavy (non-hydrogen) atoms. The van der Waals surface area contributed by atoms with Gasteiger partial charge in [0.05, 0.1) is 5.56 Å². The van der Waals surface area contributed by atoms with Crippen LogP contribution in [0.5, 0.6) is 0 Å². The van der Waals surface area contributed by atoms with Crippen molar-refractivity contribution in [2.24, 2.45) is 0 Å². The number of carbonyl (C=O) groups excluding carboxylic acids is 1. The van der Waals surface area contributed by atoms with Crippen LogP contribution in [-0.4, -0.2) is 47.9 Å². The van der Waals surface area contributed by atoms with Gasteiger partial charge in [0.25, 0.3) is 5.91 Å². The molecule has 5 heteroatoms. The second-order valence-corrected chi connectivity index (χ2v) is 5.32. The topological polar surface area (TPSA) is 49.6 Å². The summed E-state index contributed by atoms with van der Waals surface area (Å²) in [7, 11) is 0. The Kier molecular flexibility index (Phi) is 4.60. The predicted molar refractivity (Wildman–Crippen MR) is 78.0 cm³/mol. The van der Waals surface area contributed by atoms with E-state index in [2.05, 4.69) is 18.7 Å². The lowest BCUT2D eigenvalue weighted by Crippen LogP contribution is -2.51. The summed E-state index contributed by atoms with van der Waals surface area (Å²) in [4.78, 5) is 16.6. The zero-order valence-electron chi connectivity index (χ0n) is 12.1. The second-order valence-electron chi connectivity index (χ2n) is 5.32. The number of piperazine rings is 1. The zero-order chi connectivity index (χ0) is 14.7. The number of nitrogen functional groups attached to an aromatic ring is 1. The van der Waals surface area contributed by atoms with Crippen LogP contribution in [-0.2, 0) is 0 Å². The lowest BCUT2D eigenvalue weighted by atomic mass is 10.1. The van der Waals surface area contributed by atoms with Gasteiger partial charge in [-0.3, -0.25) is 9.69 Å². The Labute approximate surface area is 119 Å². The van der Waals surface area contributed by atoms with Crippen LogP contribution in [0, 0.1) is 5.82 Å². The van der Waals surface area contributed by atoms with Crippen molar-refractivity contribution in [3.8, 4) is 0 Å². The number of halogens is 1. The van der Waals surface area contributed by atoms with Crippen LogP contribution in [0.15, 0.2) is 18.2 Å². The molecule has 2 rings (SSSR count). The average Bonchev–Trinajstić information content (AvgIpc) is 2.46. The minimum Gasteiger partial charge on any atom is -0.398 e. The van der Waals surface area contributed by atoms with Crippen LogP contribution in [0.3, 0.4) is 0 Å². The van der Waals surface area contributed by atoms with Crippen LogP contribution in [0.25, 0.3) is 0 Å². The number of nitrogens with two attached hydrogens (primary N) is 1. The fraction of sp³-hybridized carbons (Fsp3) is 0.533. The lowest BCUT2D eigenvalue weighted by Gasteiger charge is -2.38. The highest BCUT2D eigenvalue weighted by atomic mass is 19.1. The first kappa shape index (κ1) is 14.8. The van der Waals surface area contributed by atoms with Crippen LogP contribution in [0.2, 0.25) is 0 Å². The van der Waals surface area contributed by atoms with Gasteiger partial charge < -0.3 is 10.6 Å². The summed E-state index contributed by atoms with van der Waals surface area (Å²) in [6.45, 7) is 7.51. The van der Waals surface area contributed by atoms with Crippen LogP contribution >= 0.6 is 0 Å². The largest absolute Gasteiger partial charge is 0.398 e. The smallest absolute Gasteiger partial charge is 0.256 e. The monoisotopic (exact) mass is 279 g/mol. The van der Waals surface area contributed by atoms with Gasteiger partial charge in [0.15, 0.2) is 0 Å². The van der Waals surface area contributed by atoms with Crippen molar-refractivity contribution < 1.29 is 9.18 Å². The molecule has 1 atom stereocenters. The molecule has 0 spiro atoms. The summed E-state index contributed by atoms with van der Waals surface area (Å²) < 4.78 is 13.0. The minimum absolute atomic E-state index is 0.105. The molecular weight excluding hydrogens is 257 g/mol. The lowest BCUT2D eigenvalue weighted by molar-refractivity contribution is 0.0580. The Bertz CT molecular complexity index is 484. The van der Waals surface area contributed by atoms with Crippen molar-refractivity contribution in [1.82, 2.24) is 9.80 Å². The van der Waals surface area contributed by atoms with E-state index in [4.69, 9.17) is 5.73 Å². The quantitative estimate of drug-likeness (QED) is 0.861. The summed E-state index contributed by atoms with van der Waals surface area (Å²) in [5.74, 6) is -0.521. The van der Waals surface area contributed by atoms with E-state index in [0.29, 0.717) is 24.7 Å². The van der Waals surface area contributed by atoms with Gasteiger partial charge in [-0.1, -0.05) is 6.92 Å². The van der Waals surface area contributed by atoms with E-state index in [1.807, 2.05) is 0 Å². The van der Waals surface area contributed by atoms with Gasteiger partial charge in [0, 0.05) is 37.9 Å². The van der Waals surface area contributed by atoms with Crippen molar-refractivity contribution in [2.45, 2.75) is 26.3 Å². The van der Waals surface area contributed by atoms with Gasteiger partial charge in [-0.2, -0.15) is 0 Å². The minimum atomic E-state index is -0.416. The summed E-state index contributed by atoms with van der Waals surface area (Å²) in [6, 6.07) is 4.48. The van der Waals surface area contributed by atoms with Crippen LogP contribution in [0.1, 0.15) is 30.6 Å². The highest BCUT2D eigenvalue weighted by Gasteiger charge is 2.25. The molecule has 1 aromatic rings. The molecule has 1 fully saturated rings. The molecule has 0 radical (unpaired) electrons. The molecule has 1 aromatic carbocycles. The number of anilines is 1. The summed E-state index contributed by atoms with van der Waals surface area (Å²) in [5, 5.41) is 0. The standard InChI is InChI=1S/C15H22FN3O/c1-3-11(2)18-6-8-19(9-7-18)15(20)13-5-4-12(16)10-14(13)17/h4-5,10-11H,3,6-9,17H2,1-2H3. The number of hydrogen-bond donors (Lipinski definition) is 1. The Morgan fingerprint density at radius 1 is 1.35 bits per heavy atom. The molecular formula is C15H22FN3O. The maximum atomic E-state index is 13.0. The van der Waals surface area contributed by atoms with Crippen LogP contribution in [0.4, 0.5) is 10.1 Å². The zero-order valence-corrected chi connectivity index (χ0v) is 12.1. The number of rotatable bonds is 3. The summed E-state index contributed by atoms with van der Waals surface area (Å²) >= 11 is 0. The first-order valence-electron chi connectivity index (χ1n) is 7.11. The first-order chi connectivity index (χ1) is 9.52. The Morgan fingerprint density at radius 2 is 2.00 bits per heavy atom. The van der Waals surface area contributed by atoms with Crippen molar-refractivity contribution in [2.75, 3.05) is 31.9 Å². The van der Waals surface area contributed by atoms with Gasteiger partial charge in [0.2, 0.25) is 0 Å². The highest BCUT2D eigenvalue weighted by molar-refractivity contribution is 5.99. The maximum Gasteiger partial charge on any atom is 0.256 e. The van der Waals surface area contributed by atoms with Gasteiger partial charge in [0.1, 0.15) is 5.82 Å². The van der Waals surface area contributed by atoms with Crippen molar-refractivity contribution >= 4 is 11.6 Å². The third kappa shape index (κ3) is 3.10. The van der Waals surface area contributed by atoms with E-state index in [1.165, 1.54) is 18.2 Å². The average molecular weight is 279 g/mol. The van der Waals surface area contributed by atoms with E-state index < -0.39 is 5.82 Å². The first-order valence-corrected chi connectivity index (χ1v) is 7.11. The van der Waals surface area contributed by atoms with E-state index in [0.717, 1.165) is 19.5 Å². The molecule has 4 nitrogen and oxygen atoms in total. The van der Waals surface area contributed by atoms with E-state index >= 15 is 0 Å². The molecule has 110 valence electrons. The molecule has 1 heterocycles. The van der Waals surface area contributed by atoms with Crippen molar-refractivity contribution in [3.05, 3.63) is 29.6 Å². The van der Waals surface area contributed by atoms with E-state index in [9.17, 15) is 9.18 Å². The van der Waals surface area contributed by atoms with Crippen molar-refractivity contribution in [1.29, 1.82) is 0 Å². The maximum absolute atomic E-state index is 13.0. The molecule has 0 aliphatic carbocycles. The fourth-order valence-electron chi connectivity index (χ4n) is 2.52. The number of nitrogens with zero attached hydrogens (tertiary/aromatic N) is 2. The Morgan fingerprint density at radius 3 is 2.55 bits per heavy atom. The number of hydrogen-bond acceptors (Lipinski definition) is 3. The molecule has 1 saturated heterocycles. The van der Waals surface area contributed by atoms with Gasteiger partial charge in [-0.05, 0) is 31.5 Å². The molecule has 1 amide bonds. The predicted octanol–water partition coefficient (Wildman–Crippen LogP) is 1.96. The molecule has 0 bridgehead atoms. The molecule has 1 aliphatic rings. The fourth-order valence-corrected chi connectivity index (χ4v) is 2.52. The summed E-state index contributed by atoms with van der Waals surface area (Å²) in [6.07, 6.45) is 1.11. The molecule has 1 aliphatic heterocycles. The van der Waals surface area contributed by atoms with Crippen LogP contribution < -0.4 is 5.73 Å². The Hall–Kier alpha value is -1.62.